The van der Waals surface area contributed by atoms with Crippen molar-refractivity contribution in [3.8, 4) is 6.07 Å². The highest BCUT2D eigenvalue weighted by atomic mass is 16.5. The molecule has 1 aromatic carbocycles. The zero-order valence-corrected chi connectivity index (χ0v) is 14.3. The number of benzene rings is 1. The van der Waals surface area contributed by atoms with Crippen molar-refractivity contribution in [2.75, 3.05) is 6.61 Å². The summed E-state index contributed by atoms with van der Waals surface area (Å²) >= 11 is 0. The van der Waals surface area contributed by atoms with Crippen molar-refractivity contribution in [2.24, 2.45) is 5.73 Å². The molecule has 0 spiro atoms. The van der Waals surface area contributed by atoms with E-state index in [9.17, 15) is 10.1 Å². The van der Waals surface area contributed by atoms with E-state index < -0.39 is 11.9 Å². The van der Waals surface area contributed by atoms with E-state index in [0.29, 0.717) is 11.3 Å². The molecule has 0 amide bonds. The molecule has 6 nitrogen and oxygen atoms in total. The number of hydrogen-bond acceptors (Lipinski definition) is 5. The number of aromatic amines is 1. The Morgan fingerprint density at radius 2 is 2.20 bits per heavy atom. The van der Waals surface area contributed by atoms with Crippen LogP contribution in [0.3, 0.4) is 0 Å². The highest BCUT2D eigenvalue weighted by molar-refractivity contribution is 5.95. The summed E-state index contributed by atoms with van der Waals surface area (Å²) in [4.78, 5) is 15.8. The van der Waals surface area contributed by atoms with Crippen LogP contribution in [0.1, 0.15) is 31.0 Å². The lowest BCUT2D eigenvalue weighted by Gasteiger charge is -2.27. The molecule has 6 heteroatoms. The number of nitrogens with zero attached hydrogens (tertiary/aromatic N) is 1. The monoisotopic (exact) mass is 337 g/mol. The van der Waals surface area contributed by atoms with Gasteiger partial charge in [0.05, 0.1) is 18.1 Å². The second-order valence-electron chi connectivity index (χ2n) is 5.88. The predicted molar refractivity (Wildman–Crippen MR) is 93.0 cm³/mol. The number of rotatable bonds is 3. The second kappa shape index (κ2) is 6.36. The predicted octanol–water partition coefficient (Wildman–Crippen LogP) is 3.12. The molecule has 2 aromatic rings. The van der Waals surface area contributed by atoms with Crippen molar-refractivity contribution in [3.05, 3.63) is 58.3 Å². The van der Waals surface area contributed by atoms with Gasteiger partial charge in [0.1, 0.15) is 17.4 Å². The van der Waals surface area contributed by atoms with Crippen molar-refractivity contribution in [1.29, 1.82) is 5.26 Å². The number of fused-ring (bicyclic) bond motifs is 1. The highest BCUT2D eigenvalue weighted by Gasteiger charge is 2.37. The van der Waals surface area contributed by atoms with E-state index in [1.807, 2.05) is 31.2 Å². The van der Waals surface area contributed by atoms with Crippen molar-refractivity contribution in [1.82, 2.24) is 4.98 Å². The van der Waals surface area contributed by atoms with E-state index in [1.165, 1.54) is 0 Å². The number of carbonyl (C=O) groups is 1. The minimum Gasteiger partial charge on any atom is -0.463 e. The largest absolute Gasteiger partial charge is 0.463 e. The number of H-pyrrole nitrogens is 1. The van der Waals surface area contributed by atoms with Crippen molar-refractivity contribution < 1.29 is 14.3 Å². The Morgan fingerprint density at radius 3 is 2.88 bits per heavy atom. The maximum Gasteiger partial charge on any atom is 0.338 e. The third kappa shape index (κ3) is 2.74. The van der Waals surface area contributed by atoms with Gasteiger partial charge in [-0.25, -0.2) is 4.79 Å². The molecule has 2 heterocycles. The van der Waals surface area contributed by atoms with Gasteiger partial charge < -0.3 is 20.2 Å². The fourth-order valence-electron chi connectivity index (χ4n) is 3.24. The van der Waals surface area contributed by atoms with Gasteiger partial charge in [-0.15, -0.1) is 0 Å². The minimum absolute atomic E-state index is 0.0160. The van der Waals surface area contributed by atoms with Crippen LogP contribution in [0, 0.1) is 18.3 Å². The Morgan fingerprint density at radius 1 is 1.44 bits per heavy atom. The first-order valence-corrected chi connectivity index (χ1v) is 8.01. The lowest BCUT2D eigenvalue weighted by atomic mass is 9.81. The molecule has 1 unspecified atom stereocenters. The van der Waals surface area contributed by atoms with Gasteiger partial charge in [-0.1, -0.05) is 12.1 Å². The van der Waals surface area contributed by atoms with Crippen molar-refractivity contribution in [3.63, 3.8) is 0 Å². The van der Waals surface area contributed by atoms with Crippen LogP contribution in [-0.4, -0.2) is 17.6 Å². The lowest BCUT2D eigenvalue weighted by Crippen LogP contribution is -2.25. The summed E-state index contributed by atoms with van der Waals surface area (Å²) in [6.07, 6.45) is 0. The fourth-order valence-corrected chi connectivity index (χ4v) is 3.24. The van der Waals surface area contributed by atoms with E-state index in [-0.39, 0.29) is 18.1 Å². The fraction of sp³-hybridized carbons (Fsp3) is 0.263. The van der Waals surface area contributed by atoms with Crippen LogP contribution in [0.5, 0.6) is 0 Å². The number of nitriles is 1. The average Bonchev–Trinajstić information content (AvgIpc) is 2.94. The summed E-state index contributed by atoms with van der Waals surface area (Å²) in [7, 11) is 0. The summed E-state index contributed by atoms with van der Waals surface area (Å²) < 4.78 is 10.6. The van der Waals surface area contributed by atoms with Gasteiger partial charge in [-0.3, -0.25) is 0 Å². The number of carbonyl (C=O) groups excluding carboxylic acids is 1. The van der Waals surface area contributed by atoms with Gasteiger partial charge >= 0.3 is 5.97 Å². The summed E-state index contributed by atoms with van der Waals surface area (Å²) in [6.45, 7) is 5.58. The maximum absolute atomic E-state index is 12.6. The number of allylic oxidation sites excluding steroid dienone is 2. The first kappa shape index (κ1) is 16.7. The Kier molecular flexibility index (Phi) is 4.24. The minimum atomic E-state index is -0.628. The summed E-state index contributed by atoms with van der Waals surface area (Å²) in [5, 5.41) is 10.6. The standard InChI is InChI=1S/C19H19N3O3/c1-4-24-19(23)16-11(3)25-18(21)14(9-20)17(16)12-6-5-7-15-13(12)8-10(2)22-15/h5-8,17,22H,4,21H2,1-3H3. The molecule has 0 bridgehead atoms. The zero-order chi connectivity index (χ0) is 18.1. The molecule has 0 radical (unpaired) electrons. The quantitative estimate of drug-likeness (QED) is 0.838. The number of aryl methyl sites for hydroxylation is 1. The highest BCUT2D eigenvalue weighted by Crippen LogP contribution is 2.42. The molecule has 25 heavy (non-hydrogen) atoms. The summed E-state index contributed by atoms with van der Waals surface area (Å²) in [5.41, 5.74) is 9.18. The van der Waals surface area contributed by atoms with E-state index in [0.717, 1.165) is 22.2 Å². The number of esters is 1. The molecule has 1 aliphatic heterocycles. The Hall–Kier alpha value is -3.20. The third-order valence-corrected chi connectivity index (χ3v) is 4.24. The molecule has 1 aliphatic rings. The van der Waals surface area contributed by atoms with Crippen LogP contribution in [0.2, 0.25) is 0 Å². The molecule has 0 aliphatic carbocycles. The molecule has 3 N–H and O–H groups in total. The van der Waals surface area contributed by atoms with Gasteiger partial charge in [0.2, 0.25) is 5.88 Å². The lowest BCUT2D eigenvalue weighted by molar-refractivity contribution is -0.139. The zero-order valence-electron chi connectivity index (χ0n) is 14.3. The smallest absolute Gasteiger partial charge is 0.338 e. The van der Waals surface area contributed by atoms with E-state index >= 15 is 0 Å². The topological polar surface area (TPSA) is 101 Å². The normalized spacial score (nSPS) is 17.4. The molecular weight excluding hydrogens is 318 g/mol. The first-order valence-electron chi connectivity index (χ1n) is 8.01. The first-order chi connectivity index (χ1) is 12.0. The van der Waals surface area contributed by atoms with Crippen LogP contribution in [0.25, 0.3) is 10.9 Å². The van der Waals surface area contributed by atoms with Crippen molar-refractivity contribution >= 4 is 16.9 Å². The molecule has 0 saturated heterocycles. The Bertz CT molecular complexity index is 960. The van der Waals surface area contributed by atoms with Gasteiger partial charge in [-0.2, -0.15) is 5.26 Å². The van der Waals surface area contributed by atoms with Crippen molar-refractivity contribution in [2.45, 2.75) is 26.7 Å². The number of nitrogens with two attached hydrogens (primary N) is 1. The molecule has 0 fully saturated rings. The molecule has 0 saturated carbocycles. The number of ether oxygens (including phenoxy) is 2. The van der Waals surface area contributed by atoms with E-state index in [2.05, 4.69) is 11.1 Å². The average molecular weight is 337 g/mol. The van der Waals surface area contributed by atoms with Crippen LogP contribution in [0.15, 0.2) is 47.1 Å². The summed E-state index contributed by atoms with van der Waals surface area (Å²) in [5.74, 6) is -0.766. The Labute approximate surface area is 145 Å². The van der Waals surface area contributed by atoms with E-state index in [4.69, 9.17) is 15.2 Å². The van der Waals surface area contributed by atoms with Crippen LogP contribution in [-0.2, 0) is 14.3 Å². The SMILES string of the molecule is CCOC(=O)C1=C(C)OC(N)=C(C#N)C1c1cccc2[nH]c(C)cc12. The number of hydrogen-bond donors (Lipinski definition) is 2. The maximum atomic E-state index is 12.6. The number of aromatic nitrogens is 1. The molecular formula is C19H19N3O3. The van der Waals surface area contributed by atoms with Crippen LogP contribution in [0.4, 0.5) is 0 Å². The molecule has 1 atom stereocenters. The number of nitrogens with one attached hydrogen (secondary N) is 1. The van der Waals surface area contributed by atoms with Gasteiger partial charge in [0, 0.05) is 16.6 Å². The van der Waals surface area contributed by atoms with Gasteiger partial charge in [0.15, 0.2) is 0 Å². The van der Waals surface area contributed by atoms with Gasteiger partial charge in [-0.05, 0) is 38.5 Å². The Balaban J connectivity index is 2.27. The molecule has 3 rings (SSSR count). The molecule has 1 aromatic heterocycles. The van der Waals surface area contributed by atoms with Crippen LogP contribution >= 0.6 is 0 Å². The molecule has 128 valence electrons. The third-order valence-electron chi connectivity index (χ3n) is 4.24. The summed E-state index contributed by atoms with van der Waals surface area (Å²) in [6, 6.07) is 9.81. The van der Waals surface area contributed by atoms with Gasteiger partial charge in [0.25, 0.3) is 0 Å². The van der Waals surface area contributed by atoms with Crippen LogP contribution < -0.4 is 5.73 Å². The second-order valence-corrected chi connectivity index (χ2v) is 5.88. The van der Waals surface area contributed by atoms with E-state index in [1.54, 1.807) is 13.8 Å².